The van der Waals surface area contributed by atoms with E-state index in [0.29, 0.717) is 49.5 Å². The van der Waals surface area contributed by atoms with E-state index < -0.39 is 0 Å². The Balaban J connectivity index is 1.32. The average molecular weight is 502 g/mol. The molecule has 6 nitrogen and oxygen atoms in total. The second-order valence-electron chi connectivity index (χ2n) is 7.65. The number of hydrogen-bond acceptors (Lipinski definition) is 4. The Morgan fingerprint density at radius 3 is 1.83 bits per heavy atom. The van der Waals surface area contributed by atoms with Crippen molar-refractivity contribution in [3.8, 4) is 11.5 Å². The van der Waals surface area contributed by atoms with Crippen molar-refractivity contribution in [2.24, 2.45) is 0 Å². The topological polar surface area (TPSA) is 84.2 Å². The molecule has 0 unspecified atom stereocenters. The Labute approximate surface area is 210 Å². The van der Waals surface area contributed by atoms with Crippen LogP contribution in [0.1, 0.15) is 20.7 Å². The molecule has 0 fully saturated rings. The predicted octanol–water partition coefficient (Wildman–Crippen LogP) is 7.31. The zero-order valence-corrected chi connectivity index (χ0v) is 19.6. The highest BCUT2D eigenvalue weighted by Gasteiger charge is 2.14. The fraction of sp³-hybridized carbons (Fsp3) is 0. The van der Waals surface area contributed by atoms with Crippen LogP contribution in [0, 0.1) is 0 Å². The fourth-order valence-electron chi connectivity index (χ4n) is 3.51. The Morgan fingerprint density at radius 1 is 0.686 bits per heavy atom. The van der Waals surface area contributed by atoms with Crippen molar-refractivity contribution in [1.29, 1.82) is 0 Å². The number of oxazole rings is 1. The molecule has 0 saturated heterocycles. The monoisotopic (exact) mass is 501 g/mol. The molecule has 8 heteroatoms. The second kappa shape index (κ2) is 9.62. The van der Waals surface area contributed by atoms with Crippen molar-refractivity contribution in [1.82, 2.24) is 4.98 Å². The Bertz CT molecular complexity index is 1560. The van der Waals surface area contributed by atoms with E-state index in [2.05, 4.69) is 15.6 Å². The number of carbonyl (C=O) groups excluding carboxylic acids is 2. The molecule has 0 atom stereocenters. The number of aromatic nitrogens is 1. The number of nitrogens with zero attached hydrogens (tertiary/aromatic N) is 1. The number of halogens is 2. The molecular formula is C27H17Cl2N3O3. The summed E-state index contributed by atoms with van der Waals surface area (Å²) < 4.78 is 5.87. The van der Waals surface area contributed by atoms with Crippen molar-refractivity contribution in [3.05, 3.63) is 112 Å². The molecule has 0 aliphatic rings. The maximum absolute atomic E-state index is 12.5. The van der Waals surface area contributed by atoms with E-state index in [-0.39, 0.29) is 11.8 Å². The molecule has 35 heavy (non-hydrogen) atoms. The highest BCUT2D eigenvalue weighted by molar-refractivity contribution is 6.34. The first-order chi connectivity index (χ1) is 17.0. The van der Waals surface area contributed by atoms with E-state index in [1.54, 1.807) is 91.0 Å². The lowest BCUT2D eigenvalue weighted by Gasteiger charge is -2.07. The van der Waals surface area contributed by atoms with Crippen LogP contribution in [0.5, 0.6) is 0 Å². The standard InChI is InChI=1S/C27H17Cl2N3O3/c28-21-7-3-1-5-19(21)25(33)30-17-11-9-16(10-12-17)27-32-23-15-18(13-14-24(23)35-27)31-26(34)20-6-2-4-8-22(20)29/h1-15H,(H,30,33)(H,31,34). The third kappa shape index (κ3) is 4.89. The molecule has 0 bridgehead atoms. The molecule has 0 saturated carbocycles. The van der Waals surface area contributed by atoms with Crippen LogP contribution >= 0.6 is 23.2 Å². The quantitative estimate of drug-likeness (QED) is 0.264. The summed E-state index contributed by atoms with van der Waals surface area (Å²) in [5.74, 6) is -0.191. The van der Waals surface area contributed by atoms with Crippen molar-refractivity contribution < 1.29 is 14.0 Å². The minimum Gasteiger partial charge on any atom is -0.436 e. The van der Waals surface area contributed by atoms with Gasteiger partial charge in [-0.15, -0.1) is 0 Å². The molecule has 1 aromatic heterocycles. The summed E-state index contributed by atoms with van der Waals surface area (Å²) in [4.78, 5) is 29.5. The molecule has 5 rings (SSSR count). The second-order valence-corrected chi connectivity index (χ2v) is 8.46. The number of rotatable bonds is 5. The van der Waals surface area contributed by atoms with Crippen molar-refractivity contribution in [2.45, 2.75) is 0 Å². The number of nitrogens with one attached hydrogen (secondary N) is 2. The SMILES string of the molecule is O=C(Nc1ccc(-c2nc3cc(NC(=O)c4ccccc4Cl)ccc3o2)cc1)c1ccccc1Cl. The van der Waals surface area contributed by atoms with E-state index in [1.165, 1.54) is 0 Å². The van der Waals surface area contributed by atoms with Crippen LogP contribution in [0.2, 0.25) is 10.0 Å². The molecule has 172 valence electrons. The van der Waals surface area contributed by atoms with Gasteiger partial charge in [0.25, 0.3) is 11.8 Å². The summed E-state index contributed by atoms with van der Waals surface area (Å²) in [6.07, 6.45) is 0. The van der Waals surface area contributed by atoms with Crippen molar-refractivity contribution in [3.63, 3.8) is 0 Å². The number of amides is 2. The molecule has 4 aromatic carbocycles. The van der Waals surface area contributed by atoms with E-state index in [9.17, 15) is 9.59 Å². The summed E-state index contributed by atoms with van der Waals surface area (Å²) in [5.41, 5.74) is 3.86. The van der Waals surface area contributed by atoms with Crippen LogP contribution in [-0.4, -0.2) is 16.8 Å². The van der Waals surface area contributed by atoms with Gasteiger partial charge >= 0.3 is 0 Å². The molecule has 0 spiro atoms. The van der Waals surface area contributed by atoms with E-state index in [4.69, 9.17) is 27.6 Å². The van der Waals surface area contributed by atoms with E-state index in [1.807, 2.05) is 0 Å². The predicted molar refractivity (Wildman–Crippen MR) is 138 cm³/mol. The number of fused-ring (bicyclic) bond motifs is 1. The molecular weight excluding hydrogens is 485 g/mol. The summed E-state index contributed by atoms with van der Waals surface area (Å²) >= 11 is 12.2. The van der Waals surface area contributed by atoms with Gasteiger partial charge in [-0.3, -0.25) is 9.59 Å². The third-order valence-corrected chi connectivity index (χ3v) is 5.93. The molecule has 1 heterocycles. The van der Waals surface area contributed by atoms with E-state index in [0.717, 1.165) is 5.56 Å². The van der Waals surface area contributed by atoms with Gasteiger partial charge in [0, 0.05) is 16.9 Å². The van der Waals surface area contributed by atoms with E-state index >= 15 is 0 Å². The highest BCUT2D eigenvalue weighted by atomic mass is 35.5. The zero-order valence-electron chi connectivity index (χ0n) is 18.1. The zero-order chi connectivity index (χ0) is 24.4. The lowest BCUT2D eigenvalue weighted by molar-refractivity contribution is 0.101. The van der Waals surface area contributed by atoms with Gasteiger partial charge in [0.15, 0.2) is 5.58 Å². The van der Waals surface area contributed by atoms with Gasteiger partial charge < -0.3 is 15.1 Å². The first-order valence-corrected chi connectivity index (χ1v) is 11.4. The smallest absolute Gasteiger partial charge is 0.257 e. The Kier molecular flexibility index (Phi) is 6.23. The first-order valence-electron chi connectivity index (χ1n) is 10.6. The molecule has 0 aliphatic carbocycles. The average Bonchev–Trinajstić information content (AvgIpc) is 3.28. The molecule has 5 aromatic rings. The van der Waals surface area contributed by atoms with Crippen LogP contribution in [0.3, 0.4) is 0 Å². The van der Waals surface area contributed by atoms with Gasteiger partial charge in [0.1, 0.15) is 5.52 Å². The van der Waals surface area contributed by atoms with Crippen molar-refractivity contribution >= 4 is 57.5 Å². The summed E-state index contributed by atoms with van der Waals surface area (Å²) in [5, 5.41) is 6.41. The first kappa shape index (κ1) is 22.7. The largest absolute Gasteiger partial charge is 0.436 e. The molecule has 0 aliphatic heterocycles. The van der Waals surface area contributed by atoms with Crippen LogP contribution in [-0.2, 0) is 0 Å². The Hall–Kier alpha value is -4.13. The van der Waals surface area contributed by atoms with Gasteiger partial charge in [-0.05, 0) is 66.7 Å². The summed E-state index contributed by atoms with van der Waals surface area (Å²) in [7, 11) is 0. The number of benzene rings is 4. The van der Waals surface area contributed by atoms with Crippen LogP contribution < -0.4 is 10.6 Å². The van der Waals surface area contributed by atoms with Crippen LogP contribution in [0.25, 0.3) is 22.6 Å². The Morgan fingerprint density at radius 2 is 1.23 bits per heavy atom. The number of anilines is 2. The minimum atomic E-state index is -0.312. The highest BCUT2D eigenvalue weighted by Crippen LogP contribution is 2.28. The summed E-state index contributed by atoms with van der Waals surface area (Å²) in [6, 6.07) is 26.0. The lowest BCUT2D eigenvalue weighted by atomic mass is 10.2. The van der Waals surface area contributed by atoms with Gasteiger partial charge in [-0.1, -0.05) is 47.5 Å². The van der Waals surface area contributed by atoms with Crippen LogP contribution in [0.15, 0.2) is 95.4 Å². The van der Waals surface area contributed by atoms with Gasteiger partial charge in [-0.2, -0.15) is 0 Å². The molecule has 2 amide bonds. The summed E-state index contributed by atoms with van der Waals surface area (Å²) in [6.45, 7) is 0. The van der Waals surface area contributed by atoms with Crippen molar-refractivity contribution in [2.75, 3.05) is 10.6 Å². The van der Waals surface area contributed by atoms with Gasteiger partial charge in [0.2, 0.25) is 5.89 Å². The van der Waals surface area contributed by atoms with Gasteiger partial charge in [0.05, 0.1) is 21.2 Å². The minimum absolute atomic E-state index is 0.295. The fourth-order valence-corrected chi connectivity index (χ4v) is 3.96. The number of carbonyl (C=O) groups is 2. The maximum atomic E-state index is 12.5. The normalized spacial score (nSPS) is 10.8. The molecule has 0 radical (unpaired) electrons. The molecule has 2 N–H and O–H groups in total. The lowest BCUT2D eigenvalue weighted by Crippen LogP contribution is -2.12. The maximum Gasteiger partial charge on any atom is 0.257 e. The van der Waals surface area contributed by atoms with Gasteiger partial charge in [-0.25, -0.2) is 4.98 Å². The number of hydrogen-bond donors (Lipinski definition) is 2. The van der Waals surface area contributed by atoms with Crippen LogP contribution in [0.4, 0.5) is 11.4 Å². The third-order valence-electron chi connectivity index (χ3n) is 5.27.